The first kappa shape index (κ1) is 40.3. The topological polar surface area (TPSA) is 273 Å². The van der Waals surface area contributed by atoms with Gasteiger partial charge in [-0.05, 0) is 12.8 Å². The highest BCUT2D eigenvalue weighted by Crippen LogP contribution is 2.33. The molecule has 0 spiro atoms. The Hall–Kier alpha value is -1.17. The van der Waals surface area contributed by atoms with Crippen LogP contribution in [-0.4, -0.2) is 185 Å². The quantitative estimate of drug-likeness (QED) is 0.0490. The molecule has 0 aromatic rings. The molecule has 3 rings (SSSR count). The smallest absolute Gasteiger partial charge is 0.305 e. The molecule has 3 fully saturated rings. The molecule has 47 heavy (non-hydrogen) atoms. The maximum atomic E-state index is 11.2. The second-order valence-electron chi connectivity index (χ2n) is 11.8. The minimum absolute atomic E-state index is 0.154. The van der Waals surface area contributed by atoms with E-state index in [-0.39, 0.29) is 12.6 Å². The molecule has 3 saturated heterocycles. The predicted molar refractivity (Wildman–Crippen MR) is 154 cm³/mol. The highest BCUT2D eigenvalue weighted by molar-refractivity contribution is 5.68. The number of carbonyl (C=O) groups excluding carboxylic acids is 1. The van der Waals surface area contributed by atoms with Crippen molar-refractivity contribution < 1.29 is 88.6 Å². The lowest BCUT2D eigenvalue weighted by atomic mass is 9.96. The van der Waals surface area contributed by atoms with Crippen molar-refractivity contribution >= 4 is 5.97 Å². The maximum Gasteiger partial charge on any atom is 0.305 e. The normalized spacial score (nSPS) is 41.1. The predicted octanol–water partition coefficient (Wildman–Crippen LogP) is -3.99. The van der Waals surface area contributed by atoms with Gasteiger partial charge in [0.15, 0.2) is 18.9 Å². The van der Waals surface area contributed by atoms with Crippen molar-refractivity contribution in [2.24, 2.45) is 0 Å². The summed E-state index contributed by atoms with van der Waals surface area (Å²) in [7, 11) is 2.59. The minimum Gasteiger partial charge on any atom is -0.469 e. The SMILES string of the molecule is COC(=O)CCCCCCCCO[C@H]1O[C@H](CO)[C@@H](O)[C@H](O[C@H]2O[C@H](CO)[C@@H](O)[C@H](O)[C@H]2O[C@H]2O[C@H](CO)[C@@H](OC)[C@H](O)[C@H]2O)[C@H]1O. The van der Waals surface area contributed by atoms with Crippen molar-refractivity contribution in [3.8, 4) is 0 Å². The summed E-state index contributed by atoms with van der Waals surface area (Å²) in [5.74, 6) is -0.244. The highest BCUT2D eigenvalue weighted by atomic mass is 16.8. The van der Waals surface area contributed by atoms with Crippen molar-refractivity contribution in [3.05, 3.63) is 0 Å². The molecule has 0 amide bonds. The lowest BCUT2D eigenvalue weighted by Gasteiger charge is -2.48. The van der Waals surface area contributed by atoms with Gasteiger partial charge in [-0.1, -0.05) is 25.7 Å². The van der Waals surface area contributed by atoms with Gasteiger partial charge in [0, 0.05) is 20.1 Å². The molecular formula is C29H52O18. The Labute approximate surface area is 272 Å². The number of hydrogen-bond donors (Lipinski definition) is 9. The molecule has 3 aliphatic rings. The largest absolute Gasteiger partial charge is 0.469 e. The van der Waals surface area contributed by atoms with Crippen molar-refractivity contribution in [1.82, 2.24) is 0 Å². The third-order valence-electron chi connectivity index (χ3n) is 8.61. The second kappa shape index (κ2) is 19.9. The van der Waals surface area contributed by atoms with Crippen molar-refractivity contribution in [3.63, 3.8) is 0 Å². The fourth-order valence-electron chi connectivity index (χ4n) is 5.81. The summed E-state index contributed by atoms with van der Waals surface area (Å²) >= 11 is 0. The van der Waals surface area contributed by atoms with E-state index in [9.17, 15) is 50.8 Å². The Balaban J connectivity index is 1.65. The van der Waals surface area contributed by atoms with E-state index in [4.69, 9.17) is 33.2 Å². The molecule has 0 unspecified atom stereocenters. The van der Waals surface area contributed by atoms with Crippen LogP contribution in [0.5, 0.6) is 0 Å². The average Bonchev–Trinajstić information content (AvgIpc) is 3.07. The van der Waals surface area contributed by atoms with Gasteiger partial charge in [0.05, 0.1) is 26.9 Å². The Morgan fingerprint density at radius 1 is 0.553 bits per heavy atom. The number of esters is 1. The van der Waals surface area contributed by atoms with Crippen LogP contribution in [0, 0.1) is 0 Å². The number of carbonyl (C=O) groups is 1. The first-order valence-electron chi connectivity index (χ1n) is 15.9. The summed E-state index contributed by atoms with van der Waals surface area (Å²) in [5.41, 5.74) is 0. The van der Waals surface area contributed by atoms with Gasteiger partial charge >= 0.3 is 5.97 Å². The fraction of sp³-hybridized carbons (Fsp3) is 0.966. The maximum absolute atomic E-state index is 11.2. The number of aliphatic hydroxyl groups excluding tert-OH is 9. The minimum atomic E-state index is -1.85. The van der Waals surface area contributed by atoms with E-state index in [2.05, 4.69) is 4.74 Å². The van der Waals surface area contributed by atoms with Gasteiger partial charge in [-0.25, -0.2) is 0 Å². The van der Waals surface area contributed by atoms with Crippen LogP contribution in [-0.2, 0) is 42.7 Å². The van der Waals surface area contributed by atoms with Gasteiger partial charge in [0.1, 0.15) is 73.2 Å². The number of rotatable bonds is 18. The number of methoxy groups -OCH3 is 2. The Kier molecular flexibility index (Phi) is 17.0. The lowest BCUT2D eigenvalue weighted by molar-refractivity contribution is -0.389. The fourth-order valence-corrected chi connectivity index (χ4v) is 5.81. The van der Waals surface area contributed by atoms with Crippen LogP contribution < -0.4 is 0 Å². The zero-order valence-corrected chi connectivity index (χ0v) is 26.6. The lowest BCUT2D eigenvalue weighted by Crippen LogP contribution is -2.67. The third kappa shape index (κ3) is 10.4. The van der Waals surface area contributed by atoms with Gasteiger partial charge in [-0.2, -0.15) is 0 Å². The van der Waals surface area contributed by atoms with Crippen LogP contribution in [0.25, 0.3) is 0 Å². The summed E-state index contributed by atoms with van der Waals surface area (Å²) in [6, 6.07) is 0. The molecule has 0 bridgehead atoms. The van der Waals surface area contributed by atoms with Gasteiger partial charge in [0.25, 0.3) is 0 Å². The Morgan fingerprint density at radius 2 is 1.09 bits per heavy atom. The second-order valence-corrected chi connectivity index (χ2v) is 11.8. The Morgan fingerprint density at radius 3 is 1.70 bits per heavy atom. The molecular weight excluding hydrogens is 636 g/mol. The van der Waals surface area contributed by atoms with Gasteiger partial charge in [-0.15, -0.1) is 0 Å². The van der Waals surface area contributed by atoms with Crippen molar-refractivity contribution in [1.29, 1.82) is 0 Å². The van der Waals surface area contributed by atoms with Gasteiger partial charge < -0.3 is 83.9 Å². The molecule has 3 heterocycles. The molecule has 0 aliphatic carbocycles. The molecule has 15 atom stereocenters. The number of ether oxygens (including phenoxy) is 8. The molecule has 0 saturated carbocycles. The zero-order chi connectivity index (χ0) is 34.7. The average molecular weight is 689 g/mol. The van der Waals surface area contributed by atoms with E-state index in [1.165, 1.54) is 14.2 Å². The first-order chi connectivity index (χ1) is 22.5. The van der Waals surface area contributed by atoms with E-state index in [1.807, 2.05) is 0 Å². The zero-order valence-electron chi connectivity index (χ0n) is 26.6. The van der Waals surface area contributed by atoms with Crippen LogP contribution in [0.2, 0.25) is 0 Å². The molecule has 18 heteroatoms. The van der Waals surface area contributed by atoms with Gasteiger partial charge in [-0.3, -0.25) is 4.79 Å². The molecule has 9 N–H and O–H groups in total. The van der Waals surface area contributed by atoms with E-state index in [0.29, 0.717) is 12.8 Å². The van der Waals surface area contributed by atoms with Gasteiger partial charge in [0.2, 0.25) is 0 Å². The summed E-state index contributed by atoms with van der Waals surface area (Å²) in [4.78, 5) is 11.2. The molecule has 18 nitrogen and oxygen atoms in total. The van der Waals surface area contributed by atoms with Crippen LogP contribution in [0.3, 0.4) is 0 Å². The van der Waals surface area contributed by atoms with Crippen LogP contribution in [0.1, 0.15) is 44.9 Å². The molecule has 0 aromatic heterocycles. The summed E-state index contributed by atoms with van der Waals surface area (Å²) < 4.78 is 43.8. The number of unbranched alkanes of at least 4 members (excludes halogenated alkanes) is 5. The molecule has 3 aliphatic heterocycles. The molecule has 0 aromatic carbocycles. The van der Waals surface area contributed by atoms with Crippen LogP contribution in [0.4, 0.5) is 0 Å². The monoisotopic (exact) mass is 688 g/mol. The van der Waals surface area contributed by atoms with Crippen molar-refractivity contribution in [2.45, 2.75) is 137 Å². The first-order valence-corrected chi connectivity index (χ1v) is 15.9. The molecule has 276 valence electrons. The number of aliphatic hydroxyl groups is 9. The molecule has 0 radical (unpaired) electrons. The van der Waals surface area contributed by atoms with Crippen molar-refractivity contribution in [2.75, 3.05) is 40.6 Å². The van der Waals surface area contributed by atoms with E-state index in [1.54, 1.807) is 0 Å². The van der Waals surface area contributed by atoms with E-state index >= 15 is 0 Å². The summed E-state index contributed by atoms with van der Waals surface area (Å²) in [6.45, 7) is -1.94. The Bertz CT molecular complexity index is 897. The summed E-state index contributed by atoms with van der Waals surface area (Å²) in [5, 5.41) is 94.0. The van der Waals surface area contributed by atoms with E-state index in [0.717, 1.165) is 32.1 Å². The standard InChI is InChI=1S/C29H52O18/c1-40-17(33)9-7-5-3-4-6-8-10-42-27-23(39)25(19(35)15(12-31)43-27)46-29-26(20(36)18(34)14(11-30)44-29)47-28-22(38)21(37)24(41-2)16(13-32)45-28/h14-16,18-32,34-39H,3-13H2,1-2H3/t14-,15-,16-,18-,19-,20+,21-,22-,23-,24-,25+,26-,27+,28-,29-/m1/s1. The summed E-state index contributed by atoms with van der Waals surface area (Å²) in [6.07, 6.45) is -18.2. The number of hydrogen-bond acceptors (Lipinski definition) is 18. The van der Waals surface area contributed by atoms with E-state index < -0.39 is 112 Å². The van der Waals surface area contributed by atoms with Crippen LogP contribution in [0.15, 0.2) is 0 Å². The van der Waals surface area contributed by atoms with Crippen LogP contribution >= 0.6 is 0 Å². The third-order valence-corrected chi connectivity index (χ3v) is 8.61. The highest BCUT2D eigenvalue weighted by Gasteiger charge is 2.54.